The van der Waals surface area contributed by atoms with E-state index in [-0.39, 0.29) is 5.91 Å². The molecular formula is C22H26N2O3. The molecule has 2 heterocycles. The first kappa shape index (κ1) is 17.9. The van der Waals surface area contributed by atoms with Crippen molar-refractivity contribution in [2.24, 2.45) is 0 Å². The predicted octanol–water partition coefficient (Wildman–Crippen LogP) is 2.90. The number of carbonyl (C=O) groups excluding carboxylic acids is 1. The Morgan fingerprint density at radius 3 is 2.70 bits per heavy atom. The van der Waals surface area contributed by atoms with Gasteiger partial charge in [0.25, 0.3) is 5.91 Å². The molecule has 0 radical (unpaired) electrons. The fourth-order valence-corrected chi connectivity index (χ4v) is 3.84. The zero-order chi connectivity index (χ0) is 18.8. The molecule has 1 amide bonds. The highest BCUT2D eigenvalue weighted by Crippen LogP contribution is 2.26. The van der Waals surface area contributed by atoms with Gasteiger partial charge in [0, 0.05) is 44.7 Å². The van der Waals surface area contributed by atoms with Crippen LogP contribution in [-0.2, 0) is 13.0 Å². The van der Waals surface area contributed by atoms with Crippen LogP contribution in [0.4, 0.5) is 0 Å². The predicted molar refractivity (Wildman–Crippen MR) is 105 cm³/mol. The number of fused-ring (bicyclic) bond motifs is 1. The summed E-state index contributed by atoms with van der Waals surface area (Å²) in [5.41, 5.74) is 4.38. The number of benzene rings is 2. The van der Waals surface area contributed by atoms with Gasteiger partial charge in [-0.15, -0.1) is 0 Å². The number of rotatable bonds is 4. The Kier molecular flexibility index (Phi) is 5.03. The molecule has 1 fully saturated rings. The lowest BCUT2D eigenvalue weighted by Gasteiger charge is -2.35. The molecule has 0 bridgehead atoms. The summed E-state index contributed by atoms with van der Waals surface area (Å²) in [5.74, 6) is 1.88. The Hall–Kier alpha value is -2.53. The first-order valence-electron chi connectivity index (χ1n) is 9.55. The molecule has 0 aliphatic carbocycles. The van der Waals surface area contributed by atoms with Crippen LogP contribution in [0.15, 0.2) is 36.4 Å². The number of aryl methyl sites for hydroxylation is 1. The second-order valence-electron chi connectivity index (χ2n) is 7.29. The Bertz CT molecular complexity index is 841. The van der Waals surface area contributed by atoms with Crippen molar-refractivity contribution in [3.63, 3.8) is 0 Å². The van der Waals surface area contributed by atoms with Gasteiger partial charge in [0.2, 0.25) is 0 Å². The lowest BCUT2D eigenvalue weighted by atomic mass is 10.1. The van der Waals surface area contributed by atoms with Gasteiger partial charge in [-0.25, -0.2) is 0 Å². The molecule has 2 aromatic carbocycles. The van der Waals surface area contributed by atoms with Gasteiger partial charge in [-0.05, 0) is 41.8 Å². The number of carbonyl (C=O) groups is 1. The molecule has 1 saturated heterocycles. The standard InChI is InChI=1S/C22H26N2O3/c1-16-3-5-19(14-21(16)26-2)22(25)24-10-8-23(9-11-24)15-17-4-6-20-18(13-17)7-12-27-20/h3-6,13-14H,7-12,15H2,1-2H3. The number of ether oxygens (including phenoxy) is 2. The van der Waals surface area contributed by atoms with Crippen LogP contribution in [0.2, 0.25) is 0 Å². The van der Waals surface area contributed by atoms with E-state index in [0.29, 0.717) is 5.56 Å². The first-order chi connectivity index (χ1) is 13.1. The largest absolute Gasteiger partial charge is 0.496 e. The van der Waals surface area contributed by atoms with Gasteiger partial charge in [0.1, 0.15) is 11.5 Å². The van der Waals surface area contributed by atoms with Crippen molar-refractivity contribution in [3.05, 3.63) is 58.7 Å². The van der Waals surface area contributed by atoms with Crippen LogP contribution in [0.1, 0.15) is 27.0 Å². The molecule has 2 aromatic rings. The lowest BCUT2D eigenvalue weighted by molar-refractivity contribution is 0.0628. The average molecular weight is 366 g/mol. The summed E-state index contributed by atoms with van der Waals surface area (Å²) in [6, 6.07) is 12.2. The van der Waals surface area contributed by atoms with E-state index >= 15 is 0 Å². The highest BCUT2D eigenvalue weighted by molar-refractivity contribution is 5.94. The van der Waals surface area contributed by atoms with E-state index in [1.807, 2.05) is 30.0 Å². The zero-order valence-electron chi connectivity index (χ0n) is 16.0. The van der Waals surface area contributed by atoms with Crippen molar-refractivity contribution in [3.8, 4) is 11.5 Å². The summed E-state index contributed by atoms with van der Waals surface area (Å²) in [4.78, 5) is 17.2. The summed E-state index contributed by atoms with van der Waals surface area (Å²) in [7, 11) is 1.64. The minimum absolute atomic E-state index is 0.0858. The molecule has 27 heavy (non-hydrogen) atoms. The summed E-state index contributed by atoms with van der Waals surface area (Å²) in [6.45, 7) is 6.99. The smallest absolute Gasteiger partial charge is 0.254 e. The summed E-state index contributed by atoms with van der Waals surface area (Å²) in [5, 5.41) is 0. The van der Waals surface area contributed by atoms with Crippen molar-refractivity contribution in [2.75, 3.05) is 39.9 Å². The molecule has 4 rings (SSSR count). The Balaban J connectivity index is 1.35. The van der Waals surface area contributed by atoms with Gasteiger partial charge in [-0.2, -0.15) is 0 Å². The molecule has 142 valence electrons. The Labute approximate surface area is 160 Å². The molecule has 0 spiro atoms. The zero-order valence-corrected chi connectivity index (χ0v) is 16.0. The number of methoxy groups -OCH3 is 1. The molecular weight excluding hydrogens is 340 g/mol. The van der Waals surface area contributed by atoms with Gasteiger partial charge in [0.05, 0.1) is 13.7 Å². The summed E-state index contributed by atoms with van der Waals surface area (Å²) in [6.07, 6.45) is 1.01. The third-order valence-electron chi connectivity index (χ3n) is 5.47. The van der Waals surface area contributed by atoms with Crippen LogP contribution in [0.3, 0.4) is 0 Å². The van der Waals surface area contributed by atoms with Crippen LogP contribution in [0.25, 0.3) is 0 Å². The molecule has 0 aromatic heterocycles. The normalized spacial score (nSPS) is 16.7. The number of nitrogens with zero attached hydrogens (tertiary/aromatic N) is 2. The molecule has 0 N–H and O–H groups in total. The van der Waals surface area contributed by atoms with E-state index in [2.05, 4.69) is 23.1 Å². The third kappa shape index (κ3) is 3.78. The molecule has 0 atom stereocenters. The van der Waals surface area contributed by atoms with E-state index in [9.17, 15) is 4.79 Å². The van der Waals surface area contributed by atoms with Crippen molar-refractivity contribution in [1.82, 2.24) is 9.80 Å². The number of amides is 1. The van der Waals surface area contributed by atoms with Crippen molar-refractivity contribution in [1.29, 1.82) is 0 Å². The second kappa shape index (κ2) is 7.61. The third-order valence-corrected chi connectivity index (χ3v) is 5.47. The van der Waals surface area contributed by atoms with Crippen LogP contribution in [0, 0.1) is 6.92 Å². The second-order valence-corrected chi connectivity index (χ2v) is 7.29. The van der Waals surface area contributed by atoms with Crippen LogP contribution in [0.5, 0.6) is 11.5 Å². The lowest BCUT2D eigenvalue weighted by Crippen LogP contribution is -2.48. The maximum atomic E-state index is 12.8. The maximum Gasteiger partial charge on any atom is 0.254 e. The van der Waals surface area contributed by atoms with E-state index in [1.165, 1.54) is 11.1 Å². The molecule has 5 heteroatoms. The highest BCUT2D eigenvalue weighted by atomic mass is 16.5. The quantitative estimate of drug-likeness (QED) is 0.834. The maximum absolute atomic E-state index is 12.8. The number of hydrogen-bond acceptors (Lipinski definition) is 4. The van der Waals surface area contributed by atoms with Gasteiger partial charge in [-0.3, -0.25) is 9.69 Å². The van der Waals surface area contributed by atoms with Crippen LogP contribution < -0.4 is 9.47 Å². The Morgan fingerprint density at radius 1 is 1.11 bits per heavy atom. The van der Waals surface area contributed by atoms with Gasteiger partial charge in [0.15, 0.2) is 0 Å². The first-order valence-corrected chi connectivity index (χ1v) is 9.55. The van der Waals surface area contributed by atoms with Crippen LogP contribution in [-0.4, -0.2) is 55.6 Å². The van der Waals surface area contributed by atoms with Crippen molar-refractivity contribution in [2.45, 2.75) is 19.9 Å². The summed E-state index contributed by atoms with van der Waals surface area (Å²) >= 11 is 0. The fourth-order valence-electron chi connectivity index (χ4n) is 3.84. The topological polar surface area (TPSA) is 42.0 Å². The van der Waals surface area contributed by atoms with Gasteiger partial charge >= 0.3 is 0 Å². The average Bonchev–Trinajstić information content (AvgIpc) is 3.16. The number of piperazine rings is 1. The molecule has 0 unspecified atom stereocenters. The van der Waals surface area contributed by atoms with E-state index in [4.69, 9.17) is 9.47 Å². The monoisotopic (exact) mass is 366 g/mol. The summed E-state index contributed by atoms with van der Waals surface area (Å²) < 4.78 is 10.9. The van der Waals surface area contributed by atoms with Gasteiger partial charge in [-0.1, -0.05) is 18.2 Å². The van der Waals surface area contributed by atoms with Crippen molar-refractivity contribution < 1.29 is 14.3 Å². The molecule has 2 aliphatic heterocycles. The Morgan fingerprint density at radius 2 is 1.93 bits per heavy atom. The molecule has 2 aliphatic rings. The molecule has 0 saturated carbocycles. The van der Waals surface area contributed by atoms with E-state index < -0.39 is 0 Å². The van der Waals surface area contributed by atoms with E-state index in [1.54, 1.807) is 7.11 Å². The highest BCUT2D eigenvalue weighted by Gasteiger charge is 2.23. The molecule has 5 nitrogen and oxygen atoms in total. The number of hydrogen-bond donors (Lipinski definition) is 0. The van der Waals surface area contributed by atoms with Crippen molar-refractivity contribution >= 4 is 5.91 Å². The minimum Gasteiger partial charge on any atom is -0.496 e. The van der Waals surface area contributed by atoms with Gasteiger partial charge < -0.3 is 14.4 Å². The fraction of sp³-hybridized carbons (Fsp3) is 0.409. The minimum atomic E-state index is 0.0858. The SMILES string of the molecule is COc1cc(C(=O)N2CCN(Cc3ccc4c(c3)CCO4)CC2)ccc1C. The van der Waals surface area contributed by atoms with E-state index in [0.717, 1.165) is 62.8 Å². The van der Waals surface area contributed by atoms with Crippen LogP contribution >= 0.6 is 0 Å².